The lowest BCUT2D eigenvalue weighted by atomic mass is 10.0. The number of nitrogens with zero attached hydrogens (tertiary/aromatic N) is 1. The summed E-state index contributed by atoms with van der Waals surface area (Å²) in [7, 11) is -3.73. The summed E-state index contributed by atoms with van der Waals surface area (Å²) < 4.78 is 28.5. The molecule has 0 saturated carbocycles. The second-order valence-electron chi connectivity index (χ2n) is 6.81. The first-order valence-corrected chi connectivity index (χ1v) is 10.2. The molecule has 0 aliphatic carbocycles. The van der Waals surface area contributed by atoms with Gasteiger partial charge in [0, 0.05) is 13.5 Å². The van der Waals surface area contributed by atoms with Crippen LogP contribution in [0.2, 0.25) is 0 Å². The van der Waals surface area contributed by atoms with Crippen LogP contribution in [0.25, 0.3) is 0 Å². The number of hydrogen-bond acceptors (Lipinski definition) is 3. The number of amides is 1. The molecule has 2 aromatic carbocycles. The first-order valence-electron chi connectivity index (χ1n) is 8.76. The van der Waals surface area contributed by atoms with E-state index in [9.17, 15) is 13.2 Å². The summed E-state index contributed by atoms with van der Waals surface area (Å²) in [4.78, 5) is 11.7. The van der Waals surface area contributed by atoms with Crippen molar-refractivity contribution >= 4 is 21.6 Å². The van der Waals surface area contributed by atoms with E-state index in [1.54, 1.807) is 22.5 Å². The number of aryl methyl sites for hydroxylation is 2. The lowest BCUT2D eigenvalue weighted by Crippen LogP contribution is -2.31. The minimum Gasteiger partial charge on any atom is -0.325 e. The molecule has 1 aliphatic rings. The van der Waals surface area contributed by atoms with Crippen molar-refractivity contribution in [2.75, 3.05) is 11.9 Å². The number of benzene rings is 2. The van der Waals surface area contributed by atoms with Crippen LogP contribution in [0.15, 0.2) is 47.4 Å². The fourth-order valence-electron chi connectivity index (χ4n) is 3.56. The maximum atomic E-state index is 13.5. The van der Waals surface area contributed by atoms with Crippen LogP contribution in [0, 0.1) is 13.8 Å². The third-order valence-electron chi connectivity index (χ3n) is 4.79. The molecule has 1 atom stereocenters. The van der Waals surface area contributed by atoms with Crippen LogP contribution in [0.4, 0.5) is 5.69 Å². The number of nitrogens with one attached hydrogen (secondary N) is 1. The summed E-state index contributed by atoms with van der Waals surface area (Å²) in [5, 5.41) is 2.65. The van der Waals surface area contributed by atoms with Crippen LogP contribution < -0.4 is 5.32 Å². The van der Waals surface area contributed by atoms with Crippen molar-refractivity contribution in [3.8, 4) is 0 Å². The highest BCUT2D eigenvalue weighted by Crippen LogP contribution is 2.39. The Morgan fingerprint density at radius 3 is 2.58 bits per heavy atom. The normalized spacial score (nSPS) is 18.0. The van der Waals surface area contributed by atoms with Crippen molar-refractivity contribution in [1.29, 1.82) is 0 Å². The molecular formula is C20H24N2O3S. The zero-order valence-electron chi connectivity index (χ0n) is 15.3. The number of anilines is 1. The fourth-order valence-corrected chi connectivity index (χ4v) is 5.47. The molecule has 1 fully saturated rings. The maximum absolute atomic E-state index is 13.5. The zero-order valence-corrected chi connectivity index (χ0v) is 16.1. The van der Waals surface area contributed by atoms with Crippen LogP contribution in [0.3, 0.4) is 0 Å². The Bertz CT molecular complexity index is 938. The largest absolute Gasteiger partial charge is 0.325 e. The number of rotatable bonds is 4. The molecule has 1 heterocycles. The standard InChI is InChI=1S/C20H24N2O3S/c1-14-10-11-18(21-16(3)23)20(13-14)26(24,25)22-12-6-9-19(22)17-8-5-4-7-15(17)2/h4-5,7-8,10-11,13,19H,6,9,12H2,1-3H3,(H,21,23). The molecule has 1 unspecified atom stereocenters. The number of carbonyl (C=O) groups is 1. The predicted octanol–water partition coefficient (Wildman–Crippen LogP) is 3.79. The minimum absolute atomic E-state index is 0.160. The molecule has 0 aromatic heterocycles. The Morgan fingerprint density at radius 2 is 1.88 bits per heavy atom. The lowest BCUT2D eigenvalue weighted by Gasteiger charge is -2.26. The van der Waals surface area contributed by atoms with Gasteiger partial charge in [0.1, 0.15) is 4.90 Å². The highest BCUT2D eigenvalue weighted by atomic mass is 32.2. The van der Waals surface area contributed by atoms with Gasteiger partial charge in [0.2, 0.25) is 15.9 Å². The van der Waals surface area contributed by atoms with Crippen molar-refractivity contribution in [2.45, 2.75) is 44.6 Å². The number of hydrogen-bond donors (Lipinski definition) is 1. The van der Waals surface area contributed by atoms with Crippen molar-refractivity contribution in [1.82, 2.24) is 4.31 Å². The third-order valence-corrected chi connectivity index (χ3v) is 6.73. The van der Waals surface area contributed by atoms with E-state index in [2.05, 4.69) is 5.32 Å². The van der Waals surface area contributed by atoms with Gasteiger partial charge in [0.25, 0.3) is 0 Å². The molecule has 1 saturated heterocycles. The summed E-state index contributed by atoms with van der Waals surface area (Å²) in [6, 6.07) is 12.8. The van der Waals surface area contributed by atoms with Gasteiger partial charge >= 0.3 is 0 Å². The van der Waals surface area contributed by atoms with Crippen molar-refractivity contribution in [3.63, 3.8) is 0 Å². The second-order valence-corrected chi connectivity index (χ2v) is 8.67. The summed E-state index contributed by atoms with van der Waals surface area (Å²) in [5.41, 5.74) is 3.30. The van der Waals surface area contributed by atoms with E-state index in [0.29, 0.717) is 12.2 Å². The molecule has 138 valence electrons. The number of sulfonamides is 1. The van der Waals surface area contributed by atoms with Gasteiger partial charge in [-0.25, -0.2) is 8.42 Å². The molecule has 1 amide bonds. The van der Waals surface area contributed by atoms with E-state index in [0.717, 1.165) is 29.5 Å². The molecule has 1 N–H and O–H groups in total. The van der Waals surface area contributed by atoms with E-state index >= 15 is 0 Å². The number of carbonyl (C=O) groups excluding carboxylic acids is 1. The average molecular weight is 372 g/mol. The SMILES string of the molecule is CC(=O)Nc1ccc(C)cc1S(=O)(=O)N1CCCC1c1ccccc1C. The Balaban J connectivity index is 2.06. The van der Waals surface area contributed by atoms with Gasteiger partial charge < -0.3 is 5.32 Å². The van der Waals surface area contributed by atoms with Crippen molar-refractivity contribution < 1.29 is 13.2 Å². The summed E-state index contributed by atoms with van der Waals surface area (Å²) in [6.07, 6.45) is 1.62. The van der Waals surface area contributed by atoms with Gasteiger partial charge in [-0.3, -0.25) is 4.79 Å². The highest BCUT2D eigenvalue weighted by Gasteiger charge is 2.38. The molecule has 26 heavy (non-hydrogen) atoms. The van der Waals surface area contributed by atoms with Gasteiger partial charge in [0.15, 0.2) is 0 Å². The fraction of sp³-hybridized carbons (Fsp3) is 0.350. The summed E-state index contributed by atoms with van der Waals surface area (Å²) in [6.45, 7) is 5.71. The molecule has 1 aliphatic heterocycles. The molecular weight excluding hydrogens is 348 g/mol. The van der Waals surface area contributed by atoms with Crippen molar-refractivity contribution in [3.05, 3.63) is 59.2 Å². The molecule has 5 nitrogen and oxygen atoms in total. The van der Waals surface area contributed by atoms with Crippen molar-refractivity contribution in [2.24, 2.45) is 0 Å². The Morgan fingerprint density at radius 1 is 1.15 bits per heavy atom. The van der Waals surface area contributed by atoms with E-state index in [1.165, 1.54) is 6.92 Å². The topological polar surface area (TPSA) is 66.5 Å². The quantitative estimate of drug-likeness (QED) is 0.888. The molecule has 3 rings (SSSR count). The average Bonchev–Trinajstić information content (AvgIpc) is 3.06. The predicted molar refractivity (Wildman–Crippen MR) is 103 cm³/mol. The lowest BCUT2D eigenvalue weighted by molar-refractivity contribution is -0.114. The summed E-state index contributed by atoms with van der Waals surface area (Å²) in [5.74, 6) is -0.290. The van der Waals surface area contributed by atoms with Gasteiger partial charge in [0.05, 0.1) is 11.7 Å². The second kappa shape index (κ2) is 7.21. The van der Waals surface area contributed by atoms with Crippen LogP contribution in [-0.4, -0.2) is 25.2 Å². The van der Waals surface area contributed by atoms with Crippen LogP contribution in [-0.2, 0) is 14.8 Å². The van der Waals surface area contributed by atoms with E-state index in [1.807, 2.05) is 38.1 Å². The Kier molecular flexibility index (Phi) is 5.16. The molecule has 2 aromatic rings. The Labute approximate surface area is 155 Å². The molecule has 0 bridgehead atoms. The van der Waals surface area contributed by atoms with Crippen LogP contribution in [0.5, 0.6) is 0 Å². The summed E-state index contributed by atoms with van der Waals surface area (Å²) >= 11 is 0. The molecule has 6 heteroatoms. The highest BCUT2D eigenvalue weighted by molar-refractivity contribution is 7.89. The first kappa shape index (κ1) is 18.6. The monoisotopic (exact) mass is 372 g/mol. The molecule has 0 radical (unpaired) electrons. The minimum atomic E-state index is -3.73. The smallest absolute Gasteiger partial charge is 0.245 e. The van der Waals surface area contributed by atoms with E-state index < -0.39 is 10.0 Å². The zero-order chi connectivity index (χ0) is 18.9. The first-order chi connectivity index (χ1) is 12.3. The van der Waals surface area contributed by atoms with E-state index in [4.69, 9.17) is 0 Å². The van der Waals surface area contributed by atoms with Gasteiger partial charge in [-0.05, 0) is 55.5 Å². The van der Waals surface area contributed by atoms with Gasteiger partial charge in [-0.1, -0.05) is 30.3 Å². The van der Waals surface area contributed by atoms with E-state index in [-0.39, 0.29) is 16.8 Å². The van der Waals surface area contributed by atoms with Gasteiger partial charge in [-0.2, -0.15) is 4.31 Å². The maximum Gasteiger partial charge on any atom is 0.245 e. The molecule has 0 spiro atoms. The Hall–Kier alpha value is -2.18. The van der Waals surface area contributed by atoms with Crippen LogP contribution in [0.1, 0.15) is 42.5 Å². The van der Waals surface area contributed by atoms with Crippen LogP contribution >= 0.6 is 0 Å². The van der Waals surface area contributed by atoms with Gasteiger partial charge in [-0.15, -0.1) is 0 Å². The third kappa shape index (κ3) is 3.52.